The molecular weight excluding hydrogens is 336 g/mol. The molecule has 12 heteroatoms. The molecule has 2 unspecified atom stereocenters. The maximum atomic E-state index is 10.7. The summed E-state index contributed by atoms with van der Waals surface area (Å²) in [6.07, 6.45) is -0.711. The van der Waals surface area contributed by atoms with Gasteiger partial charge < -0.3 is 0 Å². The van der Waals surface area contributed by atoms with E-state index in [-0.39, 0.29) is 12.8 Å². The number of nitrogens with zero attached hydrogens (tertiary/aromatic N) is 4. The zero-order valence-corrected chi connectivity index (χ0v) is 13.6. The quantitative estimate of drug-likeness (QED) is 0.469. The van der Waals surface area contributed by atoms with Crippen molar-refractivity contribution >= 4 is 20.2 Å². The summed E-state index contributed by atoms with van der Waals surface area (Å²) >= 11 is 0. The van der Waals surface area contributed by atoms with Gasteiger partial charge in [-0.05, 0) is 13.8 Å². The Hall–Kier alpha value is -1.60. The van der Waals surface area contributed by atoms with Crippen LogP contribution in [0.25, 0.3) is 0 Å². The maximum absolute atomic E-state index is 10.7. The molecule has 0 aromatic carbocycles. The van der Waals surface area contributed by atoms with Crippen LogP contribution >= 0.6 is 0 Å². The van der Waals surface area contributed by atoms with Crippen molar-refractivity contribution in [2.24, 2.45) is 10.2 Å². The monoisotopic (exact) mass is 352 g/mol. The van der Waals surface area contributed by atoms with Crippen LogP contribution in [0.3, 0.4) is 0 Å². The van der Waals surface area contributed by atoms with Gasteiger partial charge in [0.15, 0.2) is 11.1 Å². The fourth-order valence-corrected chi connectivity index (χ4v) is 2.44. The Kier molecular flexibility index (Phi) is 6.59. The number of rotatable bonds is 8. The van der Waals surface area contributed by atoms with E-state index in [2.05, 4.69) is 10.2 Å². The van der Waals surface area contributed by atoms with Crippen LogP contribution in [0.4, 0.5) is 0 Å². The van der Waals surface area contributed by atoms with Crippen molar-refractivity contribution < 1.29 is 25.9 Å². The summed E-state index contributed by atoms with van der Waals surface area (Å²) in [5, 5.41) is 25.2. The van der Waals surface area contributed by atoms with E-state index in [1.807, 2.05) is 0 Å². The highest BCUT2D eigenvalue weighted by Crippen LogP contribution is 2.22. The second-order valence-electron chi connectivity index (χ2n) is 5.04. The second kappa shape index (κ2) is 7.11. The summed E-state index contributed by atoms with van der Waals surface area (Å²) in [5.74, 6) is -1.44. The fraction of sp³-hybridized carbons (Fsp3) is 0.800. The molecule has 0 bridgehead atoms. The summed E-state index contributed by atoms with van der Waals surface area (Å²) in [5.41, 5.74) is -3.21. The van der Waals surface area contributed by atoms with E-state index in [9.17, 15) is 16.8 Å². The first-order chi connectivity index (χ1) is 9.74. The Morgan fingerprint density at radius 2 is 1.14 bits per heavy atom. The first-order valence-electron chi connectivity index (χ1n) is 5.91. The van der Waals surface area contributed by atoms with Crippen LogP contribution in [0.15, 0.2) is 10.2 Å². The molecule has 0 spiro atoms. The van der Waals surface area contributed by atoms with E-state index < -0.39 is 42.8 Å². The maximum Gasteiger partial charge on any atom is 0.264 e. The molecule has 0 amide bonds. The van der Waals surface area contributed by atoms with Crippen molar-refractivity contribution in [3.05, 3.63) is 0 Å². The highest BCUT2D eigenvalue weighted by Gasteiger charge is 2.30. The summed E-state index contributed by atoms with van der Waals surface area (Å²) in [6, 6.07) is 3.41. The minimum absolute atomic E-state index is 0.356. The molecule has 0 aromatic heterocycles. The molecule has 0 saturated heterocycles. The van der Waals surface area contributed by atoms with E-state index in [4.69, 9.17) is 19.6 Å². The van der Waals surface area contributed by atoms with Crippen LogP contribution < -0.4 is 0 Å². The lowest BCUT2D eigenvalue weighted by atomic mass is 10.0. The van der Waals surface area contributed by atoms with Gasteiger partial charge in [0.1, 0.15) is 0 Å². The Balaban J connectivity index is 5.15. The fourth-order valence-electron chi connectivity index (χ4n) is 1.13. The summed E-state index contributed by atoms with van der Waals surface area (Å²) in [4.78, 5) is 0. The lowest BCUT2D eigenvalue weighted by Gasteiger charge is -2.18. The first-order valence-corrected chi connectivity index (χ1v) is 9.13. The molecule has 124 valence electrons. The van der Waals surface area contributed by atoms with Crippen LogP contribution in [0.2, 0.25) is 0 Å². The molecule has 2 N–H and O–H groups in total. The molecule has 0 radical (unpaired) electrons. The van der Waals surface area contributed by atoms with Crippen molar-refractivity contribution in [1.29, 1.82) is 10.5 Å². The molecule has 22 heavy (non-hydrogen) atoms. The lowest BCUT2D eigenvalue weighted by Crippen LogP contribution is -2.27. The smallest absolute Gasteiger partial charge is 0.264 e. The van der Waals surface area contributed by atoms with Gasteiger partial charge in [-0.15, -0.1) is 0 Å². The highest BCUT2D eigenvalue weighted by molar-refractivity contribution is 7.86. The zero-order valence-electron chi connectivity index (χ0n) is 12.0. The number of nitriles is 2. The van der Waals surface area contributed by atoms with Crippen molar-refractivity contribution in [3.8, 4) is 12.1 Å². The van der Waals surface area contributed by atoms with Crippen molar-refractivity contribution in [2.75, 3.05) is 11.5 Å². The van der Waals surface area contributed by atoms with Crippen LogP contribution in [-0.4, -0.2) is 48.5 Å². The predicted molar refractivity (Wildman–Crippen MR) is 75.0 cm³/mol. The molecular formula is C10H16N4O6S2. The SMILES string of the molecule is CC(C#N)(CCS(=O)(=O)O)/N=N/C(C)(C#N)CCS(=O)(=O)O. The summed E-state index contributed by atoms with van der Waals surface area (Å²) < 4.78 is 60.1. The van der Waals surface area contributed by atoms with Crippen LogP contribution in [0, 0.1) is 22.7 Å². The van der Waals surface area contributed by atoms with Crippen LogP contribution in [-0.2, 0) is 20.2 Å². The molecule has 10 nitrogen and oxygen atoms in total. The summed E-state index contributed by atoms with van der Waals surface area (Å²) in [7, 11) is -8.57. The van der Waals surface area contributed by atoms with Crippen molar-refractivity contribution in [2.45, 2.75) is 37.8 Å². The molecule has 0 rings (SSSR count). The Bertz CT molecular complexity index is 655. The van der Waals surface area contributed by atoms with Gasteiger partial charge in [0.05, 0.1) is 23.6 Å². The van der Waals surface area contributed by atoms with Gasteiger partial charge >= 0.3 is 0 Å². The Morgan fingerprint density at radius 3 is 1.32 bits per heavy atom. The molecule has 0 aliphatic carbocycles. The third kappa shape index (κ3) is 8.63. The average molecular weight is 352 g/mol. The third-order valence-electron chi connectivity index (χ3n) is 2.67. The Morgan fingerprint density at radius 1 is 0.864 bits per heavy atom. The van der Waals surface area contributed by atoms with Gasteiger partial charge in [-0.25, -0.2) is 0 Å². The molecule has 0 aliphatic heterocycles. The topological polar surface area (TPSA) is 181 Å². The van der Waals surface area contributed by atoms with E-state index in [0.29, 0.717) is 0 Å². The van der Waals surface area contributed by atoms with Crippen molar-refractivity contribution in [3.63, 3.8) is 0 Å². The normalized spacial score (nSPS) is 18.1. The van der Waals surface area contributed by atoms with E-state index in [1.54, 1.807) is 12.1 Å². The standard InChI is InChI=1S/C10H16N4O6S2/c1-9(7-11,3-5-21(15,16)17)13-14-10(2,8-12)4-6-22(18,19)20/h3-6H2,1-2H3,(H,15,16,17)(H,18,19,20)/b14-13+. The van der Waals surface area contributed by atoms with Gasteiger partial charge in [-0.2, -0.15) is 37.6 Å². The number of hydrogen-bond acceptors (Lipinski definition) is 8. The molecule has 0 fully saturated rings. The molecule has 0 aliphatic rings. The molecule has 0 aromatic rings. The minimum Gasteiger partial charge on any atom is -0.286 e. The van der Waals surface area contributed by atoms with Crippen LogP contribution in [0.1, 0.15) is 26.7 Å². The minimum atomic E-state index is -4.29. The molecule has 0 saturated carbocycles. The van der Waals surface area contributed by atoms with Gasteiger partial charge in [0, 0.05) is 12.8 Å². The molecule has 2 atom stereocenters. The predicted octanol–water partition coefficient (Wildman–Crippen LogP) is 0.559. The lowest BCUT2D eigenvalue weighted by molar-refractivity contribution is 0.443. The zero-order chi connectivity index (χ0) is 17.7. The van der Waals surface area contributed by atoms with Gasteiger partial charge in [-0.3, -0.25) is 9.11 Å². The molecule has 0 heterocycles. The van der Waals surface area contributed by atoms with Crippen LogP contribution in [0.5, 0.6) is 0 Å². The van der Waals surface area contributed by atoms with Gasteiger partial charge in [-0.1, -0.05) is 0 Å². The van der Waals surface area contributed by atoms with E-state index in [0.717, 1.165) is 0 Å². The average Bonchev–Trinajstić information content (AvgIpc) is 2.39. The second-order valence-corrected chi connectivity index (χ2v) is 8.19. The van der Waals surface area contributed by atoms with Crippen molar-refractivity contribution in [1.82, 2.24) is 0 Å². The number of hydrogen-bond donors (Lipinski definition) is 2. The van der Waals surface area contributed by atoms with Gasteiger partial charge in [0.25, 0.3) is 20.2 Å². The third-order valence-corrected chi connectivity index (χ3v) is 4.11. The van der Waals surface area contributed by atoms with Gasteiger partial charge in [0.2, 0.25) is 0 Å². The van der Waals surface area contributed by atoms with E-state index >= 15 is 0 Å². The van der Waals surface area contributed by atoms with E-state index in [1.165, 1.54) is 13.8 Å². The largest absolute Gasteiger partial charge is 0.286 e. The highest BCUT2D eigenvalue weighted by atomic mass is 32.2. The summed E-state index contributed by atoms with van der Waals surface area (Å²) in [6.45, 7) is 2.50. The number of azo groups is 1. The Labute approximate surface area is 129 Å². The first kappa shape index (κ1) is 20.4.